The summed E-state index contributed by atoms with van der Waals surface area (Å²) in [5, 5.41) is 12.1. The lowest BCUT2D eigenvalue weighted by Gasteiger charge is -2.20. The molecule has 3 unspecified atom stereocenters. The van der Waals surface area contributed by atoms with E-state index in [1.54, 1.807) is 0 Å². The van der Waals surface area contributed by atoms with Crippen LogP contribution in [-0.2, 0) is 9.53 Å². The molecule has 1 aliphatic rings. The summed E-state index contributed by atoms with van der Waals surface area (Å²) in [7, 11) is 0. The highest BCUT2D eigenvalue weighted by Crippen LogP contribution is 2.21. The number of aliphatic hydroxyl groups excluding tert-OH is 1. The first-order valence-corrected chi connectivity index (χ1v) is 6.82. The standard InChI is InChI=1S/C15H21NO3/c1-11-7-8-14(19-11)15(18)16-13(9-10-17)12-5-3-2-4-6-12/h2-6,11,13-14,17H,7-10H2,1H3,(H,16,18). The number of aliphatic hydroxyl groups is 1. The van der Waals surface area contributed by atoms with Crippen LogP contribution in [0.2, 0.25) is 0 Å². The van der Waals surface area contributed by atoms with E-state index in [2.05, 4.69) is 5.32 Å². The molecule has 3 atom stereocenters. The molecule has 19 heavy (non-hydrogen) atoms. The fourth-order valence-corrected chi connectivity index (χ4v) is 2.40. The Hall–Kier alpha value is -1.39. The van der Waals surface area contributed by atoms with Crippen molar-refractivity contribution < 1.29 is 14.6 Å². The van der Waals surface area contributed by atoms with Crippen molar-refractivity contribution in [1.82, 2.24) is 5.32 Å². The molecule has 4 nitrogen and oxygen atoms in total. The molecule has 1 aromatic rings. The summed E-state index contributed by atoms with van der Waals surface area (Å²) in [4.78, 5) is 12.1. The van der Waals surface area contributed by atoms with Gasteiger partial charge in [-0.2, -0.15) is 0 Å². The smallest absolute Gasteiger partial charge is 0.249 e. The SMILES string of the molecule is CC1CCC(C(=O)NC(CCO)c2ccccc2)O1. The average molecular weight is 263 g/mol. The Morgan fingerprint density at radius 3 is 2.74 bits per heavy atom. The Labute approximate surface area is 113 Å². The van der Waals surface area contributed by atoms with Crippen molar-refractivity contribution >= 4 is 5.91 Å². The zero-order chi connectivity index (χ0) is 13.7. The Morgan fingerprint density at radius 1 is 1.42 bits per heavy atom. The fraction of sp³-hybridized carbons (Fsp3) is 0.533. The van der Waals surface area contributed by atoms with Gasteiger partial charge in [0.2, 0.25) is 5.91 Å². The van der Waals surface area contributed by atoms with Gasteiger partial charge >= 0.3 is 0 Å². The van der Waals surface area contributed by atoms with Crippen molar-refractivity contribution in [3.63, 3.8) is 0 Å². The van der Waals surface area contributed by atoms with Gasteiger partial charge in [0.1, 0.15) is 6.10 Å². The van der Waals surface area contributed by atoms with Gasteiger partial charge in [-0.25, -0.2) is 0 Å². The third-order valence-corrected chi connectivity index (χ3v) is 3.46. The predicted molar refractivity (Wildman–Crippen MR) is 72.6 cm³/mol. The largest absolute Gasteiger partial charge is 0.396 e. The summed E-state index contributed by atoms with van der Waals surface area (Å²) in [5.74, 6) is -0.0772. The van der Waals surface area contributed by atoms with E-state index in [0.717, 1.165) is 18.4 Å². The van der Waals surface area contributed by atoms with Crippen LogP contribution in [-0.4, -0.2) is 29.8 Å². The van der Waals surface area contributed by atoms with Crippen LogP contribution in [0.1, 0.15) is 37.8 Å². The molecule has 2 rings (SSSR count). The molecule has 1 amide bonds. The summed E-state index contributed by atoms with van der Waals surface area (Å²) in [6.45, 7) is 2.03. The predicted octanol–water partition coefficient (Wildman–Crippen LogP) is 1.79. The minimum Gasteiger partial charge on any atom is -0.396 e. The topological polar surface area (TPSA) is 58.6 Å². The molecular formula is C15H21NO3. The average Bonchev–Trinajstić information content (AvgIpc) is 2.86. The summed E-state index contributed by atoms with van der Waals surface area (Å²) in [6, 6.07) is 9.55. The van der Waals surface area contributed by atoms with E-state index in [-0.39, 0.29) is 30.8 Å². The lowest BCUT2D eigenvalue weighted by Crippen LogP contribution is -2.37. The van der Waals surface area contributed by atoms with Crippen molar-refractivity contribution in [3.8, 4) is 0 Å². The molecule has 0 saturated carbocycles. The van der Waals surface area contributed by atoms with E-state index >= 15 is 0 Å². The van der Waals surface area contributed by atoms with Crippen LogP contribution in [0.25, 0.3) is 0 Å². The number of hydrogen-bond donors (Lipinski definition) is 2. The monoisotopic (exact) mass is 263 g/mol. The minimum atomic E-state index is -0.347. The van der Waals surface area contributed by atoms with Crippen LogP contribution in [0.15, 0.2) is 30.3 Å². The number of hydrogen-bond acceptors (Lipinski definition) is 3. The van der Waals surface area contributed by atoms with Gasteiger partial charge in [0.05, 0.1) is 12.1 Å². The van der Waals surface area contributed by atoms with Crippen LogP contribution in [0, 0.1) is 0 Å². The number of carbonyl (C=O) groups excluding carboxylic acids is 1. The third kappa shape index (κ3) is 3.78. The van der Waals surface area contributed by atoms with Crippen LogP contribution in [0.3, 0.4) is 0 Å². The maximum Gasteiger partial charge on any atom is 0.249 e. The summed E-state index contributed by atoms with van der Waals surface area (Å²) < 4.78 is 5.56. The van der Waals surface area contributed by atoms with Gasteiger partial charge in [-0.15, -0.1) is 0 Å². The summed E-state index contributed by atoms with van der Waals surface area (Å²) in [5.41, 5.74) is 1.01. The van der Waals surface area contributed by atoms with Crippen LogP contribution >= 0.6 is 0 Å². The number of carbonyl (C=O) groups is 1. The number of nitrogens with one attached hydrogen (secondary N) is 1. The second kappa shape index (κ2) is 6.68. The number of amides is 1. The first-order valence-electron chi connectivity index (χ1n) is 6.82. The van der Waals surface area contributed by atoms with Crippen molar-refractivity contribution in [2.45, 2.75) is 44.4 Å². The van der Waals surface area contributed by atoms with Crippen LogP contribution in [0.5, 0.6) is 0 Å². The molecule has 0 aromatic heterocycles. The maximum absolute atomic E-state index is 12.1. The van der Waals surface area contributed by atoms with Gasteiger partial charge in [-0.3, -0.25) is 4.79 Å². The highest BCUT2D eigenvalue weighted by Gasteiger charge is 2.29. The van der Waals surface area contributed by atoms with Crippen molar-refractivity contribution in [3.05, 3.63) is 35.9 Å². The highest BCUT2D eigenvalue weighted by molar-refractivity contribution is 5.81. The molecule has 2 N–H and O–H groups in total. The Kier molecular flexibility index (Phi) is 4.93. The molecule has 1 heterocycles. The van der Waals surface area contributed by atoms with Crippen LogP contribution in [0.4, 0.5) is 0 Å². The van der Waals surface area contributed by atoms with Crippen molar-refractivity contribution in [1.29, 1.82) is 0 Å². The molecule has 0 spiro atoms. The summed E-state index contributed by atoms with van der Waals surface area (Å²) in [6.07, 6.45) is 2.02. The van der Waals surface area contributed by atoms with Crippen molar-refractivity contribution in [2.75, 3.05) is 6.61 Å². The second-order valence-electron chi connectivity index (χ2n) is 5.00. The third-order valence-electron chi connectivity index (χ3n) is 3.46. The van der Waals surface area contributed by atoms with E-state index in [9.17, 15) is 4.79 Å². The molecule has 0 aliphatic carbocycles. The number of rotatable bonds is 5. The van der Waals surface area contributed by atoms with Gasteiger partial charge in [0.15, 0.2) is 0 Å². The van der Waals surface area contributed by atoms with Crippen LogP contribution < -0.4 is 5.32 Å². The maximum atomic E-state index is 12.1. The molecule has 0 bridgehead atoms. The zero-order valence-electron chi connectivity index (χ0n) is 11.2. The fourth-order valence-electron chi connectivity index (χ4n) is 2.40. The number of benzene rings is 1. The van der Waals surface area contributed by atoms with E-state index in [1.165, 1.54) is 0 Å². The van der Waals surface area contributed by atoms with Crippen molar-refractivity contribution in [2.24, 2.45) is 0 Å². The molecule has 1 fully saturated rings. The minimum absolute atomic E-state index is 0.0434. The molecule has 4 heteroatoms. The number of ether oxygens (including phenoxy) is 1. The van der Waals surface area contributed by atoms with E-state index in [0.29, 0.717) is 6.42 Å². The molecule has 1 aliphatic heterocycles. The van der Waals surface area contributed by atoms with Gasteiger partial charge < -0.3 is 15.2 Å². The molecular weight excluding hydrogens is 242 g/mol. The second-order valence-corrected chi connectivity index (χ2v) is 5.00. The molecule has 1 saturated heterocycles. The highest BCUT2D eigenvalue weighted by atomic mass is 16.5. The Morgan fingerprint density at radius 2 is 2.16 bits per heavy atom. The first kappa shape index (κ1) is 14.0. The van der Waals surface area contributed by atoms with Gasteiger partial charge in [-0.1, -0.05) is 30.3 Å². The van der Waals surface area contributed by atoms with E-state index in [1.807, 2.05) is 37.3 Å². The van der Waals surface area contributed by atoms with Gasteiger partial charge in [-0.05, 0) is 31.7 Å². The molecule has 104 valence electrons. The summed E-state index contributed by atoms with van der Waals surface area (Å²) >= 11 is 0. The molecule has 1 aromatic carbocycles. The zero-order valence-corrected chi connectivity index (χ0v) is 11.2. The van der Waals surface area contributed by atoms with Gasteiger partial charge in [0.25, 0.3) is 0 Å². The molecule has 0 radical (unpaired) electrons. The quantitative estimate of drug-likeness (QED) is 0.851. The lowest BCUT2D eigenvalue weighted by molar-refractivity contribution is -0.132. The first-order chi connectivity index (χ1) is 9.20. The van der Waals surface area contributed by atoms with E-state index < -0.39 is 0 Å². The Bertz CT molecular complexity index is 407. The van der Waals surface area contributed by atoms with E-state index in [4.69, 9.17) is 9.84 Å². The van der Waals surface area contributed by atoms with Gasteiger partial charge in [0, 0.05) is 6.61 Å². The normalized spacial score (nSPS) is 24.1. The Balaban J connectivity index is 1.99. The lowest BCUT2D eigenvalue weighted by atomic mass is 10.0.